The molecule has 7 heteroatoms. The van der Waals surface area contributed by atoms with Gasteiger partial charge in [0.2, 0.25) is 5.95 Å². The molecule has 0 radical (unpaired) electrons. The minimum absolute atomic E-state index is 0.132. The van der Waals surface area contributed by atoms with E-state index >= 15 is 0 Å². The van der Waals surface area contributed by atoms with E-state index in [0.29, 0.717) is 31.3 Å². The summed E-state index contributed by atoms with van der Waals surface area (Å²) < 4.78 is 7.40. The maximum Gasteiger partial charge on any atom is 0.411 e. The first kappa shape index (κ1) is 16.3. The van der Waals surface area contributed by atoms with Crippen molar-refractivity contribution in [3.8, 4) is 0 Å². The number of nitrogens with one attached hydrogen (secondary N) is 1. The molecule has 1 atom stereocenters. The van der Waals surface area contributed by atoms with Crippen LogP contribution in [0.1, 0.15) is 5.56 Å². The number of carbonyl (C=O) groups is 1. The van der Waals surface area contributed by atoms with Crippen molar-refractivity contribution in [2.75, 3.05) is 24.3 Å². The van der Waals surface area contributed by atoms with Gasteiger partial charge in [0.1, 0.15) is 6.10 Å². The van der Waals surface area contributed by atoms with Crippen molar-refractivity contribution in [3.05, 3.63) is 54.1 Å². The fourth-order valence-electron chi connectivity index (χ4n) is 3.22. The van der Waals surface area contributed by atoms with Crippen molar-refractivity contribution in [1.82, 2.24) is 14.5 Å². The Morgan fingerprint density at radius 1 is 1.27 bits per heavy atom. The number of hydrogen-bond acceptors (Lipinski definition) is 5. The zero-order valence-electron chi connectivity index (χ0n) is 14.6. The third-order valence-electron chi connectivity index (χ3n) is 4.59. The van der Waals surface area contributed by atoms with E-state index in [9.17, 15) is 4.79 Å². The quantitative estimate of drug-likeness (QED) is 0.690. The number of cyclic esters (lactones) is 1. The maximum atomic E-state index is 12.1. The molecule has 2 aromatic carbocycles. The molecule has 0 bridgehead atoms. The highest BCUT2D eigenvalue weighted by Gasteiger charge is 2.31. The average molecular weight is 351 g/mol. The number of aromatic nitrogens is 2. The normalized spacial score (nSPS) is 16.9. The van der Waals surface area contributed by atoms with E-state index in [2.05, 4.69) is 10.3 Å². The second-order valence-electron chi connectivity index (χ2n) is 6.50. The van der Waals surface area contributed by atoms with Crippen LogP contribution in [0.5, 0.6) is 0 Å². The minimum Gasteiger partial charge on any atom is -0.444 e. The van der Waals surface area contributed by atoms with Gasteiger partial charge in [0.15, 0.2) is 0 Å². The number of fused-ring (bicyclic) bond motifs is 1. The monoisotopic (exact) mass is 351 g/mol. The molecular formula is C19H21N5O2. The summed E-state index contributed by atoms with van der Waals surface area (Å²) in [5, 5.41) is 3.21. The van der Waals surface area contributed by atoms with Crippen LogP contribution in [-0.2, 0) is 18.2 Å². The second kappa shape index (κ2) is 6.59. The van der Waals surface area contributed by atoms with Gasteiger partial charge < -0.3 is 20.4 Å². The Balaban J connectivity index is 1.40. The molecule has 1 aliphatic rings. The Morgan fingerprint density at radius 3 is 2.88 bits per heavy atom. The number of nitrogens with zero attached hydrogens (tertiary/aromatic N) is 3. The van der Waals surface area contributed by atoms with Crippen molar-refractivity contribution in [1.29, 1.82) is 0 Å². The van der Waals surface area contributed by atoms with Crippen LogP contribution >= 0.6 is 0 Å². The SMILES string of the molecule is Cn1c(NCN2CC(Cc3ccccc3)OC2=O)nc2ccc(N)cc21. The summed E-state index contributed by atoms with van der Waals surface area (Å²) in [6.45, 7) is 0.897. The van der Waals surface area contributed by atoms with Crippen LogP contribution in [0.25, 0.3) is 11.0 Å². The summed E-state index contributed by atoms with van der Waals surface area (Å²) in [5.41, 5.74) is 9.49. The molecule has 1 amide bonds. The highest BCUT2D eigenvalue weighted by Crippen LogP contribution is 2.21. The van der Waals surface area contributed by atoms with Gasteiger partial charge in [0.05, 0.1) is 24.2 Å². The Hall–Kier alpha value is -3.22. The van der Waals surface area contributed by atoms with Gasteiger partial charge in [-0.25, -0.2) is 9.78 Å². The zero-order chi connectivity index (χ0) is 18.1. The summed E-state index contributed by atoms with van der Waals surface area (Å²) in [6.07, 6.45) is 0.280. The first-order chi connectivity index (χ1) is 12.6. The second-order valence-corrected chi connectivity index (χ2v) is 6.50. The van der Waals surface area contributed by atoms with Gasteiger partial charge in [0, 0.05) is 19.2 Å². The third kappa shape index (κ3) is 3.15. The fourth-order valence-corrected chi connectivity index (χ4v) is 3.22. The average Bonchev–Trinajstić information content (AvgIpc) is 3.14. The van der Waals surface area contributed by atoms with Gasteiger partial charge in [0.25, 0.3) is 0 Å². The Labute approximate surface area is 151 Å². The number of rotatable bonds is 5. The predicted molar refractivity (Wildman–Crippen MR) is 101 cm³/mol. The predicted octanol–water partition coefficient (Wildman–Crippen LogP) is 2.59. The first-order valence-electron chi connectivity index (χ1n) is 8.55. The number of anilines is 2. The Morgan fingerprint density at radius 2 is 2.08 bits per heavy atom. The molecular weight excluding hydrogens is 330 g/mol. The van der Waals surface area contributed by atoms with E-state index in [4.69, 9.17) is 10.5 Å². The van der Waals surface area contributed by atoms with Gasteiger partial charge in [-0.3, -0.25) is 4.90 Å². The van der Waals surface area contributed by atoms with Crippen LogP contribution in [0.15, 0.2) is 48.5 Å². The molecule has 3 N–H and O–H groups in total. The first-order valence-corrected chi connectivity index (χ1v) is 8.55. The summed E-state index contributed by atoms with van der Waals surface area (Å²) >= 11 is 0. The maximum absolute atomic E-state index is 12.1. The van der Waals surface area contributed by atoms with Gasteiger partial charge in [-0.15, -0.1) is 0 Å². The van der Waals surface area contributed by atoms with E-state index in [-0.39, 0.29) is 12.2 Å². The van der Waals surface area contributed by atoms with E-state index in [1.807, 2.05) is 60.1 Å². The number of aryl methyl sites for hydroxylation is 1. The molecule has 1 aliphatic heterocycles. The van der Waals surface area contributed by atoms with E-state index < -0.39 is 0 Å². The van der Waals surface area contributed by atoms with Crippen molar-refractivity contribution in [2.24, 2.45) is 7.05 Å². The molecule has 0 aliphatic carbocycles. The zero-order valence-corrected chi connectivity index (χ0v) is 14.6. The van der Waals surface area contributed by atoms with Crippen LogP contribution in [-0.4, -0.2) is 39.9 Å². The third-order valence-corrected chi connectivity index (χ3v) is 4.59. The number of amides is 1. The standard InChI is InChI=1S/C19H21N5O2/c1-23-17-10-14(20)7-8-16(17)22-18(23)21-12-24-11-15(26-19(24)25)9-13-5-3-2-4-6-13/h2-8,10,15H,9,11-12,20H2,1H3,(H,21,22). The largest absolute Gasteiger partial charge is 0.444 e. The van der Waals surface area contributed by atoms with Gasteiger partial charge in [-0.2, -0.15) is 0 Å². The summed E-state index contributed by atoms with van der Waals surface area (Å²) in [6, 6.07) is 15.6. The number of nitrogen functional groups attached to an aromatic ring is 1. The molecule has 1 fully saturated rings. The van der Waals surface area contributed by atoms with E-state index in [1.54, 1.807) is 4.90 Å². The highest BCUT2D eigenvalue weighted by molar-refractivity contribution is 5.81. The van der Waals surface area contributed by atoms with E-state index in [1.165, 1.54) is 0 Å². The molecule has 26 heavy (non-hydrogen) atoms. The van der Waals surface area contributed by atoms with Crippen LogP contribution in [0.4, 0.5) is 16.4 Å². The smallest absolute Gasteiger partial charge is 0.411 e. The van der Waals surface area contributed by atoms with Crippen LogP contribution in [0.2, 0.25) is 0 Å². The van der Waals surface area contributed by atoms with Crippen molar-refractivity contribution < 1.29 is 9.53 Å². The summed E-state index contributed by atoms with van der Waals surface area (Å²) in [4.78, 5) is 18.3. The fraction of sp³-hybridized carbons (Fsp3) is 0.263. The molecule has 134 valence electrons. The number of nitrogens with two attached hydrogens (primary N) is 1. The number of imidazole rings is 1. The van der Waals surface area contributed by atoms with Gasteiger partial charge >= 0.3 is 6.09 Å². The molecule has 1 unspecified atom stereocenters. The number of hydrogen-bond donors (Lipinski definition) is 2. The summed E-state index contributed by atoms with van der Waals surface area (Å²) in [7, 11) is 1.91. The van der Waals surface area contributed by atoms with Gasteiger partial charge in [-0.1, -0.05) is 30.3 Å². The Bertz CT molecular complexity index is 938. The van der Waals surface area contributed by atoms with Crippen molar-refractivity contribution in [2.45, 2.75) is 12.5 Å². The number of ether oxygens (including phenoxy) is 1. The van der Waals surface area contributed by atoms with Crippen LogP contribution < -0.4 is 11.1 Å². The van der Waals surface area contributed by atoms with Crippen molar-refractivity contribution in [3.63, 3.8) is 0 Å². The van der Waals surface area contributed by atoms with Crippen LogP contribution in [0, 0.1) is 0 Å². The molecule has 2 heterocycles. The lowest BCUT2D eigenvalue weighted by atomic mass is 10.1. The molecule has 7 nitrogen and oxygen atoms in total. The molecule has 1 aromatic heterocycles. The van der Waals surface area contributed by atoms with Crippen molar-refractivity contribution >= 4 is 28.8 Å². The highest BCUT2D eigenvalue weighted by atomic mass is 16.6. The molecule has 0 spiro atoms. The van der Waals surface area contributed by atoms with Gasteiger partial charge in [-0.05, 0) is 23.8 Å². The number of carbonyl (C=O) groups excluding carboxylic acids is 1. The lowest BCUT2D eigenvalue weighted by Gasteiger charge is -2.14. The number of benzene rings is 2. The lowest BCUT2D eigenvalue weighted by Crippen LogP contribution is -2.31. The molecule has 4 rings (SSSR count). The molecule has 3 aromatic rings. The lowest BCUT2D eigenvalue weighted by molar-refractivity contribution is 0.133. The summed E-state index contributed by atoms with van der Waals surface area (Å²) in [5.74, 6) is 0.685. The topological polar surface area (TPSA) is 85.4 Å². The van der Waals surface area contributed by atoms with Crippen LogP contribution in [0.3, 0.4) is 0 Å². The Kier molecular flexibility index (Phi) is 4.12. The van der Waals surface area contributed by atoms with E-state index in [0.717, 1.165) is 16.6 Å². The minimum atomic E-state index is -0.304. The molecule has 0 saturated carbocycles. The molecule has 1 saturated heterocycles.